The number of nitrogens with one attached hydrogen (secondary N) is 1. The van der Waals surface area contributed by atoms with Crippen LogP contribution in [0.15, 0.2) is 30.7 Å². The van der Waals surface area contributed by atoms with Gasteiger partial charge in [0, 0.05) is 30.9 Å². The Morgan fingerprint density at radius 2 is 2.05 bits per heavy atom. The molecule has 3 nitrogen and oxygen atoms in total. The Labute approximate surface area is 118 Å². The molecule has 1 fully saturated rings. The van der Waals surface area contributed by atoms with Crippen LogP contribution in [0.25, 0.3) is 5.69 Å². The Morgan fingerprint density at radius 3 is 2.65 bits per heavy atom. The normalized spacial score (nSPS) is 16.2. The molecule has 1 aromatic carbocycles. The van der Waals surface area contributed by atoms with Crippen molar-refractivity contribution in [2.24, 2.45) is 0 Å². The number of rotatable bonds is 2. The molecule has 0 spiro atoms. The molecule has 1 aliphatic heterocycles. The Balaban J connectivity index is 2.07. The van der Waals surface area contributed by atoms with E-state index >= 15 is 0 Å². The molecule has 3 rings (SSSR count). The molecule has 0 aliphatic carbocycles. The van der Waals surface area contributed by atoms with Crippen LogP contribution in [0.3, 0.4) is 0 Å². The van der Waals surface area contributed by atoms with E-state index in [9.17, 15) is 13.2 Å². The standard InChI is InChI=1S/C13H11ClF3N3/c14-10-2-1-9(13(15,16)17)3-11(10)20-7-19-6-12(20)8-4-18-5-8/h1-3,6-8,18H,4-5H2. The van der Waals surface area contributed by atoms with Gasteiger partial charge in [-0.3, -0.25) is 0 Å². The number of alkyl halides is 3. The van der Waals surface area contributed by atoms with E-state index in [1.165, 1.54) is 12.4 Å². The summed E-state index contributed by atoms with van der Waals surface area (Å²) in [6.45, 7) is 1.59. The fourth-order valence-electron chi connectivity index (χ4n) is 2.18. The molecule has 1 aliphatic rings. The molecule has 0 radical (unpaired) electrons. The molecule has 1 saturated heterocycles. The number of hydrogen-bond donors (Lipinski definition) is 1. The van der Waals surface area contributed by atoms with Crippen molar-refractivity contribution < 1.29 is 13.2 Å². The van der Waals surface area contributed by atoms with Gasteiger partial charge in [-0.2, -0.15) is 13.2 Å². The number of halogens is 4. The maximum absolute atomic E-state index is 12.8. The molecule has 0 saturated carbocycles. The molecule has 0 amide bonds. The van der Waals surface area contributed by atoms with Crippen LogP contribution in [0.5, 0.6) is 0 Å². The van der Waals surface area contributed by atoms with Crippen molar-refractivity contribution in [3.05, 3.63) is 47.0 Å². The van der Waals surface area contributed by atoms with Gasteiger partial charge in [0.15, 0.2) is 0 Å². The smallest absolute Gasteiger partial charge is 0.315 e. The SMILES string of the molecule is FC(F)(F)c1ccc(Cl)c(-n2cncc2C2CNC2)c1. The minimum Gasteiger partial charge on any atom is -0.315 e. The summed E-state index contributed by atoms with van der Waals surface area (Å²) < 4.78 is 40.0. The van der Waals surface area contributed by atoms with Crippen LogP contribution in [0.2, 0.25) is 5.02 Å². The largest absolute Gasteiger partial charge is 0.416 e. The van der Waals surface area contributed by atoms with E-state index in [1.807, 2.05) is 0 Å². The number of nitrogens with zero attached hydrogens (tertiary/aromatic N) is 2. The van der Waals surface area contributed by atoms with Crippen LogP contribution in [0.4, 0.5) is 13.2 Å². The van der Waals surface area contributed by atoms with Gasteiger partial charge in [-0.25, -0.2) is 4.98 Å². The molecule has 106 valence electrons. The molecule has 2 heterocycles. The average Bonchev–Trinajstić information content (AvgIpc) is 2.74. The highest BCUT2D eigenvalue weighted by atomic mass is 35.5. The van der Waals surface area contributed by atoms with Crippen LogP contribution in [0, 0.1) is 0 Å². The summed E-state index contributed by atoms with van der Waals surface area (Å²) in [6.07, 6.45) is -1.23. The predicted molar refractivity (Wildman–Crippen MR) is 69.2 cm³/mol. The summed E-state index contributed by atoms with van der Waals surface area (Å²) >= 11 is 6.04. The number of aromatic nitrogens is 2. The minimum absolute atomic E-state index is 0.253. The highest BCUT2D eigenvalue weighted by Crippen LogP contribution is 2.34. The van der Waals surface area contributed by atoms with Crippen molar-refractivity contribution in [3.63, 3.8) is 0 Å². The predicted octanol–water partition coefficient (Wildman–Crippen LogP) is 3.23. The van der Waals surface area contributed by atoms with Crippen molar-refractivity contribution in [2.45, 2.75) is 12.1 Å². The van der Waals surface area contributed by atoms with Crippen LogP contribution in [-0.4, -0.2) is 22.6 Å². The summed E-state index contributed by atoms with van der Waals surface area (Å²) in [7, 11) is 0. The van der Waals surface area contributed by atoms with Gasteiger partial charge in [-0.15, -0.1) is 0 Å². The first-order chi connectivity index (χ1) is 9.47. The van der Waals surface area contributed by atoms with Gasteiger partial charge in [0.05, 0.1) is 22.6 Å². The molecule has 1 N–H and O–H groups in total. The summed E-state index contributed by atoms with van der Waals surface area (Å²) in [4.78, 5) is 4.03. The second-order valence-corrected chi connectivity index (χ2v) is 5.11. The van der Waals surface area contributed by atoms with Crippen LogP contribution in [0.1, 0.15) is 17.2 Å². The molecule has 0 unspecified atom stereocenters. The zero-order chi connectivity index (χ0) is 14.3. The Morgan fingerprint density at radius 1 is 1.30 bits per heavy atom. The van der Waals surface area contributed by atoms with Gasteiger partial charge >= 0.3 is 6.18 Å². The van der Waals surface area contributed by atoms with Crippen molar-refractivity contribution >= 4 is 11.6 Å². The van der Waals surface area contributed by atoms with Gasteiger partial charge in [0.25, 0.3) is 0 Å². The lowest BCUT2D eigenvalue weighted by molar-refractivity contribution is -0.137. The van der Waals surface area contributed by atoms with E-state index in [0.717, 1.165) is 30.9 Å². The second-order valence-electron chi connectivity index (χ2n) is 4.71. The molecule has 0 bridgehead atoms. The number of hydrogen-bond acceptors (Lipinski definition) is 2. The molecule has 1 aromatic heterocycles. The van der Waals surface area contributed by atoms with Gasteiger partial charge in [-0.05, 0) is 18.2 Å². The number of imidazole rings is 1. The molecule has 7 heteroatoms. The van der Waals surface area contributed by atoms with Gasteiger partial charge in [0.2, 0.25) is 0 Å². The maximum Gasteiger partial charge on any atom is 0.416 e. The second kappa shape index (κ2) is 4.79. The Kier molecular flexibility index (Phi) is 3.22. The van der Waals surface area contributed by atoms with E-state index in [1.54, 1.807) is 10.8 Å². The molecular weight excluding hydrogens is 291 g/mol. The summed E-state index contributed by atoms with van der Waals surface area (Å²) in [5, 5.41) is 3.39. The molecular formula is C13H11ClF3N3. The Bertz CT molecular complexity index is 632. The zero-order valence-electron chi connectivity index (χ0n) is 10.3. The van der Waals surface area contributed by atoms with E-state index in [4.69, 9.17) is 11.6 Å². The summed E-state index contributed by atoms with van der Waals surface area (Å²) in [5.74, 6) is 0.253. The summed E-state index contributed by atoms with van der Waals surface area (Å²) in [5.41, 5.74) is 0.453. The molecule has 0 atom stereocenters. The van der Waals surface area contributed by atoms with Crippen molar-refractivity contribution in [2.75, 3.05) is 13.1 Å². The number of benzene rings is 1. The quantitative estimate of drug-likeness (QED) is 0.923. The van der Waals surface area contributed by atoms with E-state index in [0.29, 0.717) is 5.69 Å². The first-order valence-electron chi connectivity index (χ1n) is 6.07. The van der Waals surface area contributed by atoms with Crippen LogP contribution < -0.4 is 5.32 Å². The molecule has 20 heavy (non-hydrogen) atoms. The Hall–Kier alpha value is -1.53. The lowest BCUT2D eigenvalue weighted by Crippen LogP contribution is -2.40. The maximum atomic E-state index is 12.8. The first kappa shape index (κ1) is 13.5. The van der Waals surface area contributed by atoms with Gasteiger partial charge in [-0.1, -0.05) is 11.6 Å². The monoisotopic (exact) mass is 301 g/mol. The fourth-order valence-corrected chi connectivity index (χ4v) is 2.39. The highest BCUT2D eigenvalue weighted by Gasteiger charge is 2.31. The van der Waals surface area contributed by atoms with E-state index in [-0.39, 0.29) is 10.9 Å². The topological polar surface area (TPSA) is 29.9 Å². The lowest BCUT2D eigenvalue weighted by atomic mass is 9.99. The highest BCUT2D eigenvalue weighted by molar-refractivity contribution is 6.32. The van der Waals surface area contributed by atoms with Gasteiger partial charge in [0.1, 0.15) is 0 Å². The molecule has 2 aromatic rings. The minimum atomic E-state index is -4.39. The average molecular weight is 302 g/mol. The van der Waals surface area contributed by atoms with Crippen LogP contribution in [-0.2, 0) is 6.18 Å². The lowest BCUT2D eigenvalue weighted by Gasteiger charge is -2.28. The van der Waals surface area contributed by atoms with Crippen molar-refractivity contribution in [3.8, 4) is 5.69 Å². The third-order valence-electron chi connectivity index (χ3n) is 3.40. The first-order valence-corrected chi connectivity index (χ1v) is 6.44. The van der Waals surface area contributed by atoms with E-state index < -0.39 is 11.7 Å². The van der Waals surface area contributed by atoms with Crippen LogP contribution >= 0.6 is 11.6 Å². The van der Waals surface area contributed by atoms with E-state index in [2.05, 4.69) is 10.3 Å². The van der Waals surface area contributed by atoms with Crippen molar-refractivity contribution in [1.29, 1.82) is 0 Å². The third-order valence-corrected chi connectivity index (χ3v) is 3.72. The fraction of sp³-hybridized carbons (Fsp3) is 0.308. The van der Waals surface area contributed by atoms with Crippen molar-refractivity contribution in [1.82, 2.24) is 14.9 Å². The third kappa shape index (κ3) is 2.29. The van der Waals surface area contributed by atoms with Gasteiger partial charge < -0.3 is 9.88 Å². The summed E-state index contributed by atoms with van der Waals surface area (Å²) in [6, 6.07) is 3.30. The zero-order valence-corrected chi connectivity index (χ0v) is 11.0.